The van der Waals surface area contributed by atoms with E-state index in [1.165, 1.54) is 0 Å². The van der Waals surface area contributed by atoms with E-state index < -0.39 is 0 Å². The molecule has 7 heteroatoms. The van der Waals surface area contributed by atoms with E-state index in [4.69, 9.17) is 4.98 Å². The molecule has 1 aliphatic rings. The number of hydrogen-bond acceptors (Lipinski definition) is 5. The van der Waals surface area contributed by atoms with Crippen LogP contribution in [0.25, 0.3) is 21.6 Å². The average molecular weight is 398 g/mol. The van der Waals surface area contributed by atoms with Crippen LogP contribution in [-0.4, -0.2) is 63.2 Å². The number of carbonyl (C=O) groups excluding carboxylic acids is 1. The fourth-order valence-electron chi connectivity index (χ4n) is 3.78. The van der Waals surface area contributed by atoms with E-state index in [2.05, 4.69) is 30.8 Å². The van der Waals surface area contributed by atoms with Crippen molar-refractivity contribution in [1.29, 1.82) is 0 Å². The minimum Gasteiger partial charge on any atom is -0.337 e. The number of amides is 1. The highest BCUT2D eigenvalue weighted by molar-refractivity contribution is 7.13. The standard InChI is InChI=1S/C21H27N5OS/c1-4-24-8-6-9-25(11-10-24)21(27)16-13-18(19-7-5-12-28-19)23-20-17(16)14-22-26(20)15(2)3/h5,7,12-15H,4,6,8-11H2,1-3H3. The lowest BCUT2D eigenvalue weighted by Crippen LogP contribution is -2.35. The number of nitrogens with zero attached hydrogens (tertiary/aromatic N) is 5. The van der Waals surface area contributed by atoms with Crippen LogP contribution in [0.2, 0.25) is 0 Å². The highest BCUT2D eigenvalue weighted by Gasteiger charge is 2.24. The highest BCUT2D eigenvalue weighted by atomic mass is 32.1. The summed E-state index contributed by atoms with van der Waals surface area (Å²) in [6.07, 6.45) is 2.81. The second kappa shape index (κ2) is 8.01. The van der Waals surface area contributed by atoms with Gasteiger partial charge in [0.1, 0.15) is 0 Å². The maximum atomic E-state index is 13.5. The number of likely N-dealkylation sites (N-methyl/N-ethyl adjacent to an activating group) is 1. The Morgan fingerprint density at radius 3 is 2.82 bits per heavy atom. The van der Waals surface area contributed by atoms with Gasteiger partial charge in [-0.15, -0.1) is 11.3 Å². The largest absolute Gasteiger partial charge is 0.337 e. The summed E-state index contributed by atoms with van der Waals surface area (Å²) in [6, 6.07) is 6.20. The zero-order chi connectivity index (χ0) is 19.7. The summed E-state index contributed by atoms with van der Waals surface area (Å²) in [6.45, 7) is 10.9. The van der Waals surface area contributed by atoms with E-state index in [1.54, 1.807) is 17.5 Å². The van der Waals surface area contributed by atoms with E-state index in [0.29, 0.717) is 5.56 Å². The molecule has 4 rings (SSSR count). The molecule has 6 nitrogen and oxygen atoms in total. The molecule has 3 aromatic heterocycles. The fraction of sp³-hybridized carbons (Fsp3) is 0.476. The number of thiophene rings is 1. The van der Waals surface area contributed by atoms with Crippen molar-refractivity contribution in [2.45, 2.75) is 33.2 Å². The number of carbonyl (C=O) groups is 1. The molecular weight excluding hydrogens is 370 g/mol. The lowest BCUT2D eigenvalue weighted by Gasteiger charge is -2.22. The smallest absolute Gasteiger partial charge is 0.254 e. The van der Waals surface area contributed by atoms with Crippen LogP contribution in [0.4, 0.5) is 0 Å². The number of fused-ring (bicyclic) bond motifs is 1. The molecule has 1 saturated heterocycles. The molecule has 0 bridgehead atoms. The summed E-state index contributed by atoms with van der Waals surface area (Å²) in [5.74, 6) is 0.0893. The number of aromatic nitrogens is 3. The van der Waals surface area contributed by atoms with Gasteiger partial charge < -0.3 is 9.80 Å². The third-order valence-corrected chi connectivity index (χ3v) is 6.28. The second-order valence-electron chi connectivity index (χ2n) is 7.53. The molecule has 1 amide bonds. The highest BCUT2D eigenvalue weighted by Crippen LogP contribution is 2.29. The normalized spacial score (nSPS) is 16.1. The molecule has 0 aliphatic carbocycles. The molecule has 0 N–H and O–H groups in total. The Morgan fingerprint density at radius 1 is 1.25 bits per heavy atom. The van der Waals surface area contributed by atoms with Crippen LogP contribution in [0.1, 0.15) is 43.6 Å². The van der Waals surface area contributed by atoms with Crippen LogP contribution in [0.5, 0.6) is 0 Å². The van der Waals surface area contributed by atoms with Crippen LogP contribution >= 0.6 is 11.3 Å². The van der Waals surface area contributed by atoms with Gasteiger partial charge in [0.25, 0.3) is 5.91 Å². The van der Waals surface area contributed by atoms with Crippen LogP contribution in [-0.2, 0) is 0 Å². The van der Waals surface area contributed by atoms with Crippen molar-refractivity contribution >= 4 is 28.3 Å². The molecule has 0 spiro atoms. The zero-order valence-electron chi connectivity index (χ0n) is 16.8. The van der Waals surface area contributed by atoms with Crippen molar-refractivity contribution in [3.05, 3.63) is 35.3 Å². The number of pyridine rings is 1. The first kappa shape index (κ1) is 19.1. The third-order valence-electron chi connectivity index (χ3n) is 5.38. The van der Waals surface area contributed by atoms with Crippen LogP contribution in [0.3, 0.4) is 0 Å². The van der Waals surface area contributed by atoms with Gasteiger partial charge in [-0.1, -0.05) is 13.0 Å². The summed E-state index contributed by atoms with van der Waals surface area (Å²) < 4.78 is 1.91. The Hall–Kier alpha value is -2.25. The maximum Gasteiger partial charge on any atom is 0.254 e. The van der Waals surface area contributed by atoms with Gasteiger partial charge in [0.2, 0.25) is 0 Å². The Kier molecular flexibility index (Phi) is 5.46. The van der Waals surface area contributed by atoms with Gasteiger partial charge in [-0.3, -0.25) is 4.79 Å². The molecule has 28 heavy (non-hydrogen) atoms. The molecule has 0 aromatic carbocycles. The predicted molar refractivity (Wildman–Crippen MR) is 114 cm³/mol. The molecule has 0 saturated carbocycles. The average Bonchev–Trinajstić information content (AvgIpc) is 3.31. The molecular formula is C21H27N5OS. The Labute approximate surface area is 169 Å². The van der Waals surface area contributed by atoms with Gasteiger partial charge >= 0.3 is 0 Å². The summed E-state index contributed by atoms with van der Waals surface area (Å²) in [4.78, 5) is 23.8. The lowest BCUT2D eigenvalue weighted by atomic mass is 10.1. The van der Waals surface area contributed by atoms with Crippen LogP contribution in [0, 0.1) is 0 Å². The second-order valence-corrected chi connectivity index (χ2v) is 8.48. The Bertz CT molecular complexity index is 963. The Balaban J connectivity index is 1.78. The number of hydrogen-bond donors (Lipinski definition) is 0. The maximum absolute atomic E-state index is 13.5. The van der Waals surface area contributed by atoms with E-state index in [9.17, 15) is 4.79 Å². The van der Waals surface area contributed by atoms with Gasteiger partial charge in [-0.05, 0) is 50.9 Å². The van der Waals surface area contributed by atoms with Crippen molar-refractivity contribution in [1.82, 2.24) is 24.6 Å². The van der Waals surface area contributed by atoms with Crippen molar-refractivity contribution < 1.29 is 4.79 Å². The van der Waals surface area contributed by atoms with Crippen LogP contribution in [0.15, 0.2) is 29.8 Å². The van der Waals surface area contributed by atoms with Crippen molar-refractivity contribution in [3.63, 3.8) is 0 Å². The quantitative estimate of drug-likeness (QED) is 0.670. The molecule has 148 valence electrons. The van der Waals surface area contributed by atoms with E-state index in [0.717, 1.165) is 60.7 Å². The number of rotatable bonds is 4. The topological polar surface area (TPSA) is 54.3 Å². The van der Waals surface area contributed by atoms with Crippen LogP contribution < -0.4 is 0 Å². The first-order valence-corrected chi connectivity index (χ1v) is 10.9. The summed E-state index contributed by atoms with van der Waals surface area (Å²) in [5, 5.41) is 7.41. The third kappa shape index (κ3) is 3.56. The monoisotopic (exact) mass is 397 g/mol. The van der Waals surface area contributed by atoms with Crippen molar-refractivity contribution in [2.24, 2.45) is 0 Å². The molecule has 4 heterocycles. The predicted octanol–water partition coefficient (Wildman–Crippen LogP) is 3.91. The van der Waals surface area contributed by atoms with Gasteiger partial charge in [-0.2, -0.15) is 5.10 Å². The minimum absolute atomic E-state index is 0.0893. The fourth-order valence-corrected chi connectivity index (χ4v) is 4.47. The molecule has 0 radical (unpaired) electrons. The Morgan fingerprint density at radius 2 is 2.11 bits per heavy atom. The van der Waals surface area contributed by atoms with Gasteiger partial charge in [0, 0.05) is 25.7 Å². The van der Waals surface area contributed by atoms with Crippen molar-refractivity contribution in [3.8, 4) is 10.6 Å². The van der Waals surface area contributed by atoms with E-state index >= 15 is 0 Å². The van der Waals surface area contributed by atoms with E-state index in [1.807, 2.05) is 33.2 Å². The summed E-state index contributed by atoms with van der Waals surface area (Å²) in [5.41, 5.74) is 2.35. The van der Waals surface area contributed by atoms with Gasteiger partial charge in [0.15, 0.2) is 5.65 Å². The lowest BCUT2D eigenvalue weighted by molar-refractivity contribution is 0.0763. The summed E-state index contributed by atoms with van der Waals surface area (Å²) in [7, 11) is 0. The molecule has 1 fully saturated rings. The molecule has 1 aliphatic heterocycles. The SMILES string of the molecule is CCN1CCCN(C(=O)c2cc(-c3cccs3)nc3c2cnn3C(C)C)CC1. The van der Waals surface area contributed by atoms with Gasteiger partial charge in [0.05, 0.1) is 27.7 Å². The zero-order valence-corrected chi connectivity index (χ0v) is 17.6. The van der Waals surface area contributed by atoms with E-state index in [-0.39, 0.29) is 11.9 Å². The molecule has 3 aromatic rings. The summed E-state index contributed by atoms with van der Waals surface area (Å²) >= 11 is 1.64. The molecule has 0 unspecified atom stereocenters. The minimum atomic E-state index is 0.0893. The molecule has 0 atom stereocenters. The van der Waals surface area contributed by atoms with Crippen molar-refractivity contribution in [2.75, 3.05) is 32.7 Å². The first-order chi connectivity index (χ1) is 13.6. The van der Waals surface area contributed by atoms with Gasteiger partial charge in [-0.25, -0.2) is 9.67 Å². The first-order valence-electron chi connectivity index (χ1n) is 10.0.